The van der Waals surface area contributed by atoms with Gasteiger partial charge in [-0.15, -0.1) is 0 Å². The number of nitrogens with zero attached hydrogens (tertiary/aromatic N) is 2. The summed E-state index contributed by atoms with van der Waals surface area (Å²) in [5, 5.41) is 1.95. The van der Waals surface area contributed by atoms with Gasteiger partial charge in [0, 0.05) is 6.20 Å². The van der Waals surface area contributed by atoms with E-state index in [1.54, 1.807) is 18.0 Å². The molecular formula is C11H9BrN2S. The Balaban J connectivity index is 2.26. The van der Waals surface area contributed by atoms with Crippen molar-refractivity contribution in [1.82, 2.24) is 9.97 Å². The largest absolute Gasteiger partial charge is 0.249 e. The van der Waals surface area contributed by atoms with Crippen molar-refractivity contribution in [1.29, 1.82) is 0 Å². The predicted molar refractivity (Wildman–Crippen MR) is 65.0 cm³/mol. The molecule has 0 aliphatic heterocycles. The molecule has 4 heteroatoms. The Morgan fingerprint density at radius 1 is 1.20 bits per heavy atom. The van der Waals surface area contributed by atoms with E-state index < -0.39 is 0 Å². The maximum absolute atomic E-state index is 4.35. The topological polar surface area (TPSA) is 25.8 Å². The van der Waals surface area contributed by atoms with Crippen molar-refractivity contribution in [2.75, 3.05) is 0 Å². The Morgan fingerprint density at radius 3 is 2.80 bits per heavy atom. The average Bonchev–Trinajstić information content (AvgIpc) is 2.22. The van der Waals surface area contributed by atoms with Gasteiger partial charge in [-0.2, -0.15) is 0 Å². The predicted octanol–water partition coefficient (Wildman–Crippen LogP) is 3.70. The molecule has 0 aromatic carbocycles. The van der Waals surface area contributed by atoms with Crippen LogP contribution >= 0.6 is 27.7 Å². The van der Waals surface area contributed by atoms with Crippen LogP contribution in [0.4, 0.5) is 0 Å². The van der Waals surface area contributed by atoms with E-state index >= 15 is 0 Å². The molecule has 0 saturated carbocycles. The third-order valence-corrected chi connectivity index (χ3v) is 3.35. The maximum atomic E-state index is 4.35. The van der Waals surface area contributed by atoms with Crippen molar-refractivity contribution >= 4 is 27.7 Å². The first kappa shape index (κ1) is 10.6. The Bertz CT molecular complexity index is 474. The van der Waals surface area contributed by atoms with Gasteiger partial charge in [0.25, 0.3) is 0 Å². The second-order valence-electron chi connectivity index (χ2n) is 3.03. The highest BCUT2D eigenvalue weighted by Gasteiger charge is 2.02. The van der Waals surface area contributed by atoms with Crippen LogP contribution < -0.4 is 0 Å². The molecule has 0 aliphatic rings. The van der Waals surface area contributed by atoms with Crippen LogP contribution in [0.5, 0.6) is 0 Å². The summed E-state index contributed by atoms with van der Waals surface area (Å²) in [5.41, 5.74) is 1.17. The van der Waals surface area contributed by atoms with Crippen LogP contribution in [0.1, 0.15) is 5.56 Å². The minimum atomic E-state index is 0.848. The van der Waals surface area contributed by atoms with Crippen LogP contribution in [-0.4, -0.2) is 9.97 Å². The number of aromatic nitrogens is 2. The summed E-state index contributed by atoms with van der Waals surface area (Å²) in [5.74, 6) is 0. The number of halogens is 1. The lowest BCUT2D eigenvalue weighted by molar-refractivity contribution is 1.05. The minimum Gasteiger partial charge on any atom is -0.249 e. The van der Waals surface area contributed by atoms with Gasteiger partial charge in [-0.3, -0.25) is 0 Å². The number of aryl methyl sites for hydroxylation is 1. The molecule has 0 saturated heterocycles. The lowest BCUT2D eigenvalue weighted by atomic mass is 10.3. The van der Waals surface area contributed by atoms with Gasteiger partial charge in [0.15, 0.2) is 0 Å². The van der Waals surface area contributed by atoms with Gasteiger partial charge in [0.1, 0.15) is 14.7 Å². The first-order valence-electron chi connectivity index (χ1n) is 4.48. The summed E-state index contributed by atoms with van der Waals surface area (Å²) < 4.78 is 0.848. The van der Waals surface area contributed by atoms with Crippen molar-refractivity contribution in [2.24, 2.45) is 0 Å². The van der Waals surface area contributed by atoms with E-state index in [0.717, 1.165) is 14.7 Å². The fraction of sp³-hybridized carbons (Fsp3) is 0.0909. The third-order valence-electron chi connectivity index (χ3n) is 1.85. The second kappa shape index (κ2) is 4.77. The molecule has 2 heterocycles. The molecule has 0 bridgehead atoms. The first-order chi connectivity index (χ1) is 7.25. The number of pyridine rings is 2. The van der Waals surface area contributed by atoms with E-state index in [4.69, 9.17) is 0 Å². The maximum Gasteiger partial charge on any atom is 0.107 e. The molecule has 0 atom stereocenters. The summed E-state index contributed by atoms with van der Waals surface area (Å²) in [7, 11) is 0. The van der Waals surface area contributed by atoms with Gasteiger partial charge < -0.3 is 0 Å². The summed E-state index contributed by atoms with van der Waals surface area (Å²) in [6.07, 6.45) is 1.80. The monoisotopic (exact) mass is 280 g/mol. The number of hydrogen-bond donors (Lipinski definition) is 0. The molecule has 2 aromatic heterocycles. The van der Waals surface area contributed by atoms with Crippen LogP contribution in [0.3, 0.4) is 0 Å². The highest BCUT2D eigenvalue weighted by Crippen LogP contribution is 2.27. The molecular weight excluding hydrogens is 272 g/mol. The standard InChI is InChI=1S/C11H9BrN2S/c1-8-4-3-7-13-11(8)15-10-6-2-5-9(12)14-10/h2-7H,1H3. The molecule has 0 amide bonds. The van der Waals surface area contributed by atoms with Crippen molar-refractivity contribution in [3.8, 4) is 0 Å². The normalized spacial score (nSPS) is 10.3. The van der Waals surface area contributed by atoms with Crippen LogP contribution in [0.2, 0.25) is 0 Å². The molecule has 2 rings (SSSR count). The fourth-order valence-corrected chi connectivity index (χ4v) is 2.42. The SMILES string of the molecule is Cc1cccnc1Sc1cccc(Br)n1. The Kier molecular flexibility index (Phi) is 3.38. The van der Waals surface area contributed by atoms with Gasteiger partial charge in [-0.05, 0) is 58.4 Å². The Hall–Kier alpha value is -0.870. The van der Waals surface area contributed by atoms with Crippen LogP contribution in [0.25, 0.3) is 0 Å². The second-order valence-corrected chi connectivity index (χ2v) is 4.85. The van der Waals surface area contributed by atoms with Gasteiger partial charge in [0.2, 0.25) is 0 Å². The molecule has 0 spiro atoms. The van der Waals surface area contributed by atoms with Crippen LogP contribution in [0.15, 0.2) is 51.2 Å². The highest BCUT2D eigenvalue weighted by molar-refractivity contribution is 9.10. The van der Waals surface area contributed by atoms with Crippen molar-refractivity contribution in [3.63, 3.8) is 0 Å². The van der Waals surface area contributed by atoms with E-state index in [1.165, 1.54) is 5.56 Å². The third kappa shape index (κ3) is 2.79. The zero-order valence-electron chi connectivity index (χ0n) is 8.14. The lowest BCUT2D eigenvalue weighted by Gasteiger charge is -2.02. The summed E-state index contributed by atoms with van der Waals surface area (Å²) >= 11 is 4.93. The van der Waals surface area contributed by atoms with Gasteiger partial charge >= 0.3 is 0 Å². The number of rotatable bonds is 2. The molecule has 0 radical (unpaired) electrons. The smallest absolute Gasteiger partial charge is 0.107 e. The van der Waals surface area contributed by atoms with Crippen LogP contribution in [0, 0.1) is 6.92 Å². The lowest BCUT2D eigenvalue weighted by Crippen LogP contribution is -1.86. The fourth-order valence-electron chi connectivity index (χ4n) is 1.12. The molecule has 0 aliphatic carbocycles. The molecule has 76 valence electrons. The van der Waals surface area contributed by atoms with Gasteiger partial charge in [-0.1, -0.05) is 12.1 Å². The van der Waals surface area contributed by atoms with Gasteiger partial charge in [-0.25, -0.2) is 9.97 Å². The molecule has 0 fully saturated rings. The van der Waals surface area contributed by atoms with Crippen molar-refractivity contribution in [2.45, 2.75) is 17.0 Å². The van der Waals surface area contributed by atoms with E-state index in [0.29, 0.717) is 0 Å². The van der Waals surface area contributed by atoms with Gasteiger partial charge in [0.05, 0.1) is 0 Å². The summed E-state index contributed by atoms with van der Waals surface area (Å²) in [6, 6.07) is 9.84. The molecule has 2 aromatic rings. The van der Waals surface area contributed by atoms with E-state index in [1.807, 2.05) is 37.3 Å². The van der Waals surface area contributed by atoms with E-state index in [-0.39, 0.29) is 0 Å². The zero-order valence-corrected chi connectivity index (χ0v) is 10.5. The van der Waals surface area contributed by atoms with Crippen LogP contribution in [-0.2, 0) is 0 Å². The summed E-state index contributed by atoms with van der Waals surface area (Å²) in [4.78, 5) is 8.66. The molecule has 2 nitrogen and oxygen atoms in total. The van der Waals surface area contributed by atoms with Crippen molar-refractivity contribution in [3.05, 3.63) is 46.7 Å². The minimum absolute atomic E-state index is 0.848. The summed E-state index contributed by atoms with van der Waals surface area (Å²) in [6.45, 7) is 2.05. The Morgan fingerprint density at radius 2 is 2.07 bits per heavy atom. The van der Waals surface area contributed by atoms with E-state index in [2.05, 4.69) is 25.9 Å². The molecule has 0 N–H and O–H groups in total. The van der Waals surface area contributed by atoms with E-state index in [9.17, 15) is 0 Å². The quantitative estimate of drug-likeness (QED) is 0.785. The highest BCUT2D eigenvalue weighted by atomic mass is 79.9. The first-order valence-corrected chi connectivity index (χ1v) is 6.09. The average molecular weight is 281 g/mol. The zero-order chi connectivity index (χ0) is 10.7. The number of hydrogen-bond acceptors (Lipinski definition) is 3. The Labute approximate surface area is 101 Å². The molecule has 15 heavy (non-hydrogen) atoms. The van der Waals surface area contributed by atoms with Crippen molar-refractivity contribution < 1.29 is 0 Å². The molecule has 0 unspecified atom stereocenters.